The van der Waals surface area contributed by atoms with E-state index >= 15 is 0 Å². The molecule has 2 amide bonds. The number of aromatic hydroxyl groups is 1. The highest BCUT2D eigenvalue weighted by atomic mass is 35.5. The third-order valence-corrected chi connectivity index (χ3v) is 8.13. The number of anilines is 3. The molecule has 7 heteroatoms. The number of benzene rings is 4. The van der Waals surface area contributed by atoms with Crippen LogP contribution in [-0.4, -0.2) is 35.9 Å². The number of hydrogen-bond acceptors (Lipinski definition) is 4. The zero-order valence-corrected chi connectivity index (χ0v) is 21.2. The summed E-state index contributed by atoms with van der Waals surface area (Å²) in [5.41, 5.74) is 10.7. The number of hydrogen-bond donors (Lipinski definition) is 2. The fraction of sp³-hybridized carbons (Fsp3) is 0.267. The molecule has 0 bridgehead atoms. The molecule has 6 rings (SSSR count). The van der Waals surface area contributed by atoms with E-state index in [2.05, 4.69) is 0 Å². The summed E-state index contributed by atoms with van der Waals surface area (Å²) >= 11 is 6.32. The molecule has 0 saturated carbocycles. The van der Waals surface area contributed by atoms with Gasteiger partial charge in [-0.15, -0.1) is 11.6 Å². The number of phenolic OH excluding ortho intramolecular Hbond substituents is 1. The van der Waals surface area contributed by atoms with Crippen LogP contribution in [0.5, 0.6) is 5.75 Å². The van der Waals surface area contributed by atoms with Gasteiger partial charge in [-0.25, -0.2) is 0 Å². The average molecular weight is 514 g/mol. The van der Waals surface area contributed by atoms with Crippen LogP contribution in [0.2, 0.25) is 0 Å². The summed E-state index contributed by atoms with van der Waals surface area (Å²) in [7, 11) is 0. The first-order chi connectivity index (χ1) is 18.0. The second kappa shape index (κ2) is 9.27. The summed E-state index contributed by atoms with van der Waals surface area (Å²) in [4.78, 5) is 30.0. The van der Waals surface area contributed by atoms with Gasteiger partial charge in [-0.1, -0.05) is 48.5 Å². The molecule has 37 heavy (non-hydrogen) atoms. The Hall–Kier alpha value is -3.77. The lowest BCUT2D eigenvalue weighted by Gasteiger charge is -2.20. The molecule has 4 aromatic rings. The van der Waals surface area contributed by atoms with E-state index in [0.717, 1.165) is 50.5 Å². The predicted octanol–water partition coefficient (Wildman–Crippen LogP) is 5.71. The smallest absolute Gasteiger partial charge is 0.227 e. The number of nitrogens with zero attached hydrogens (tertiary/aromatic N) is 2. The molecule has 6 nitrogen and oxygen atoms in total. The van der Waals surface area contributed by atoms with E-state index < -0.39 is 0 Å². The Morgan fingerprint density at radius 1 is 0.892 bits per heavy atom. The largest absolute Gasteiger partial charge is 0.507 e. The molecule has 0 unspecified atom stereocenters. The van der Waals surface area contributed by atoms with Crippen LogP contribution in [0.25, 0.3) is 21.5 Å². The SMILES string of the molecule is Nc1cc2c(c3ccccc13)[C@H](CCl)CN2C(=O)CCCC(=O)N1CCc2c1cc(O)c1ccccc21. The summed E-state index contributed by atoms with van der Waals surface area (Å²) < 4.78 is 0. The van der Waals surface area contributed by atoms with Crippen LogP contribution in [0, 0.1) is 0 Å². The van der Waals surface area contributed by atoms with Gasteiger partial charge in [0.15, 0.2) is 0 Å². The van der Waals surface area contributed by atoms with Gasteiger partial charge in [-0.05, 0) is 40.8 Å². The van der Waals surface area contributed by atoms with Crippen molar-refractivity contribution in [2.75, 3.05) is 34.5 Å². The number of halogens is 1. The standard InChI is InChI=1S/C30H28ClN3O3/c31-16-18-17-34(26-14-24(32)20-7-2-4-9-23(20)30(18)26)29(37)11-5-10-28(36)33-13-12-21-19-6-1-3-8-22(19)27(35)15-25(21)33/h1-4,6-9,14-15,18,35H,5,10-13,16-17,32H2/t18-/m1/s1. The number of phenols is 1. The van der Waals surface area contributed by atoms with Gasteiger partial charge >= 0.3 is 0 Å². The number of fused-ring (bicyclic) bond motifs is 6. The Morgan fingerprint density at radius 2 is 1.54 bits per heavy atom. The minimum Gasteiger partial charge on any atom is -0.507 e. The molecular weight excluding hydrogens is 486 g/mol. The van der Waals surface area contributed by atoms with E-state index in [1.165, 1.54) is 0 Å². The van der Waals surface area contributed by atoms with Gasteiger partial charge in [0, 0.05) is 65.9 Å². The van der Waals surface area contributed by atoms with Crippen molar-refractivity contribution in [3.8, 4) is 5.75 Å². The molecule has 0 radical (unpaired) electrons. The highest BCUT2D eigenvalue weighted by Crippen LogP contribution is 2.44. The van der Waals surface area contributed by atoms with Crippen molar-refractivity contribution >= 4 is 62.0 Å². The van der Waals surface area contributed by atoms with Gasteiger partial charge in [0.25, 0.3) is 0 Å². The van der Waals surface area contributed by atoms with Crippen LogP contribution in [0.4, 0.5) is 17.1 Å². The molecule has 3 N–H and O–H groups in total. The molecule has 188 valence electrons. The van der Waals surface area contributed by atoms with Crippen molar-refractivity contribution in [3.63, 3.8) is 0 Å². The highest BCUT2D eigenvalue weighted by Gasteiger charge is 2.34. The van der Waals surface area contributed by atoms with Crippen LogP contribution in [0.15, 0.2) is 60.7 Å². The Balaban J connectivity index is 1.17. The molecule has 2 aliphatic rings. The number of nitrogens with two attached hydrogens (primary N) is 1. The summed E-state index contributed by atoms with van der Waals surface area (Å²) in [6, 6.07) is 19.2. The van der Waals surface area contributed by atoms with Crippen molar-refractivity contribution in [2.24, 2.45) is 0 Å². The number of carbonyl (C=O) groups excluding carboxylic acids is 2. The van der Waals surface area contributed by atoms with Crippen LogP contribution < -0.4 is 15.5 Å². The normalized spacial score (nSPS) is 16.4. The maximum atomic E-state index is 13.3. The molecule has 0 saturated heterocycles. The fourth-order valence-electron chi connectivity index (χ4n) is 6.00. The van der Waals surface area contributed by atoms with E-state index in [1.54, 1.807) is 15.9 Å². The second-order valence-corrected chi connectivity index (χ2v) is 10.2. The van der Waals surface area contributed by atoms with Crippen LogP contribution in [0.1, 0.15) is 36.3 Å². The lowest BCUT2D eigenvalue weighted by molar-refractivity contribution is -0.119. The van der Waals surface area contributed by atoms with Crippen LogP contribution >= 0.6 is 11.6 Å². The molecule has 0 aromatic heterocycles. The molecule has 1 atom stereocenters. The van der Waals surface area contributed by atoms with Crippen LogP contribution in [0.3, 0.4) is 0 Å². The van der Waals surface area contributed by atoms with E-state index in [4.69, 9.17) is 17.3 Å². The molecule has 2 heterocycles. The number of amides is 2. The molecule has 2 aliphatic heterocycles. The summed E-state index contributed by atoms with van der Waals surface area (Å²) in [5, 5.41) is 14.3. The third kappa shape index (κ3) is 3.87. The number of carbonyl (C=O) groups is 2. The van der Waals surface area contributed by atoms with Crippen molar-refractivity contribution < 1.29 is 14.7 Å². The monoisotopic (exact) mass is 513 g/mol. The Morgan fingerprint density at radius 3 is 2.27 bits per heavy atom. The van der Waals surface area contributed by atoms with Crippen LogP contribution in [-0.2, 0) is 16.0 Å². The van der Waals surface area contributed by atoms with Gasteiger partial charge in [-0.3, -0.25) is 9.59 Å². The first-order valence-corrected chi connectivity index (χ1v) is 13.2. The molecule has 0 spiro atoms. The van der Waals surface area contributed by atoms with Crippen molar-refractivity contribution in [1.82, 2.24) is 0 Å². The zero-order valence-electron chi connectivity index (χ0n) is 20.4. The van der Waals surface area contributed by atoms with E-state index in [1.807, 2.05) is 54.6 Å². The molecule has 0 aliphatic carbocycles. The fourth-order valence-corrected chi connectivity index (χ4v) is 6.26. The second-order valence-electron chi connectivity index (χ2n) is 9.89. The van der Waals surface area contributed by atoms with Crippen molar-refractivity contribution in [2.45, 2.75) is 31.6 Å². The first kappa shape index (κ1) is 23.6. The third-order valence-electron chi connectivity index (χ3n) is 7.76. The molecule has 4 aromatic carbocycles. The average Bonchev–Trinajstić information content (AvgIpc) is 3.51. The van der Waals surface area contributed by atoms with Gasteiger partial charge < -0.3 is 20.6 Å². The summed E-state index contributed by atoms with van der Waals surface area (Å²) in [6.45, 7) is 1.10. The maximum Gasteiger partial charge on any atom is 0.227 e. The zero-order chi connectivity index (χ0) is 25.7. The maximum absolute atomic E-state index is 13.3. The van der Waals surface area contributed by atoms with E-state index in [0.29, 0.717) is 31.1 Å². The quantitative estimate of drug-likeness (QED) is 0.264. The summed E-state index contributed by atoms with van der Waals surface area (Å²) in [5.74, 6) is 0.576. The van der Waals surface area contributed by atoms with Gasteiger partial charge in [0.2, 0.25) is 11.8 Å². The number of nitrogen functional groups attached to an aromatic ring is 1. The van der Waals surface area contributed by atoms with Gasteiger partial charge in [0.1, 0.15) is 5.75 Å². The minimum atomic E-state index is -0.0306. The number of rotatable bonds is 5. The van der Waals surface area contributed by atoms with E-state index in [9.17, 15) is 14.7 Å². The Kier molecular flexibility index (Phi) is 5.92. The Bertz CT molecular complexity index is 1570. The first-order valence-electron chi connectivity index (χ1n) is 12.7. The molecular formula is C30H28ClN3O3. The highest BCUT2D eigenvalue weighted by molar-refractivity contribution is 6.19. The minimum absolute atomic E-state index is 0.0261. The van der Waals surface area contributed by atoms with E-state index in [-0.39, 0.29) is 36.3 Å². The lowest BCUT2D eigenvalue weighted by Crippen LogP contribution is -2.31. The van der Waals surface area contributed by atoms with Crippen molar-refractivity contribution in [1.29, 1.82) is 0 Å². The van der Waals surface area contributed by atoms with Gasteiger partial charge in [-0.2, -0.15) is 0 Å². The lowest BCUT2D eigenvalue weighted by atomic mass is 9.95. The summed E-state index contributed by atoms with van der Waals surface area (Å²) in [6.07, 6.45) is 1.72. The topological polar surface area (TPSA) is 86.9 Å². The van der Waals surface area contributed by atoms with Crippen molar-refractivity contribution in [3.05, 3.63) is 71.8 Å². The Labute approximate surface area is 220 Å². The predicted molar refractivity (Wildman–Crippen MR) is 150 cm³/mol. The number of alkyl halides is 1. The van der Waals surface area contributed by atoms with Gasteiger partial charge in [0.05, 0.1) is 5.69 Å². The molecule has 0 fully saturated rings.